The molecule has 0 aliphatic rings. The number of methoxy groups -OCH3 is 2. The van der Waals surface area contributed by atoms with Crippen molar-refractivity contribution in [2.45, 2.75) is 0 Å². The summed E-state index contributed by atoms with van der Waals surface area (Å²) in [6, 6.07) is 0. The molecule has 1 N–H and O–H groups in total. The summed E-state index contributed by atoms with van der Waals surface area (Å²) in [5.74, 6) is 0. The van der Waals surface area contributed by atoms with Crippen molar-refractivity contribution in [1.29, 1.82) is 0 Å². The van der Waals surface area contributed by atoms with Gasteiger partial charge in [-0.2, -0.15) is 0 Å². The number of carbonyl (C=O) groups excluding carboxylic acids is 1. The van der Waals surface area contributed by atoms with Crippen LogP contribution in [0.1, 0.15) is 1.43 Å². The molecular formula is C6H14N2NaO4-. The molecular weight excluding hydrogens is 187 g/mol. The van der Waals surface area contributed by atoms with Gasteiger partial charge in [-0.1, -0.05) is 0 Å². The zero-order chi connectivity index (χ0) is 9.98. The standard InChI is InChI=1S/2C3H7NO2.Na.H/c2*1-4-3(5)6-2;;/h2*1-2H3,(H,4,5);;/q;;+1;-1/p-1. The van der Waals surface area contributed by atoms with Crippen LogP contribution in [0.5, 0.6) is 0 Å². The number of hydrogen-bond donors (Lipinski definition) is 1. The quantitative estimate of drug-likeness (QED) is 0.246. The molecule has 0 aliphatic carbocycles. The SMILES string of the molecule is CN=C([O-])OC.CNC(=O)OC.[H-].[Na+]. The molecule has 0 saturated heterocycles. The number of nitrogens with zero attached hydrogens (tertiary/aromatic N) is 1. The molecule has 1 amide bonds. The smallest absolute Gasteiger partial charge is 1.00 e. The third-order valence-electron chi connectivity index (χ3n) is 0.747. The second kappa shape index (κ2) is 14.1. The van der Waals surface area contributed by atoms with Crippen LogP contribution in [-0.2, 0) is 9.47 Å². The molecule has 0 radical (unpaired) electrons. The molecule has 0 fully saturated rings. The van der Waals surface area contributed by atoms with Crippen LogP contribution in [0.2, 0.25) is 0 Å². The number of ether oxygens (including phenoxy) is 2. The fourth-order valence-electron chi connectivity index (χ4n) is 0.193. The van der Waals surface area contributed by atoms with Crippen molar-refractivity contribution in [3.8, 4) is 0 Å². The van der Waals surface area contributed by atoms with Crippen LogP contribution in [0.15, 0.2) is 4.99 Å². The van der Waals surface area contributed by atoms with Gasteiger partial charge in [-0.3, -0.25) is 4.99 Å². The van der Waals surface area contributed by atoms with Crippen molar-refractivity contribution in [1.82, 2.24) is 5.32 Å². The Labute approximate surface area is 101 Å². The molecule has 13 heavy (non-hydrogen) atoms. The summed E-state index contributed by atoms with van der Waals surface area (Å²) >= 11 is 0. The number of aliphatic imine (C=N–C) groups is 1. The van der Waals surface area contributed by atoms with Gasteiger partial charge >= 0.3 is 35.7 Å². The molecule has 0 bridgehead atoms. The molecule has 0 aliphatic heterocycles. The number of rotatable bonds is 0. The van der Waals surface area contributed by atoms with Crippen LogP contribution in [-0.4, -0.2) is 40.5 Å². The van der Waals surface area contributed by atoms with Crippen molar-refractivity contribution in [2.75, 3.05) is 28.3 Å². The molecule has 0 aromatic rings. The number of carbonyl (C=O) groups is 1. The van der Waals surface area contributed by atoms with E-state index in [0.717, 1.165) is 0 Å². The molecule has 0 aromatic heterocycles. The summed E-state index contributed by atoms with van der Waals surface area (Å²) in [7, 11) is 5.49. The van der Waals surface area contributed by atoms with Crippen LogP contribution >= 0.6 is 0 Å². The van der Waals surface area contributed by atoms with Gasteiger partial charge in [0.2, 0.25) is 0 Å². The molecule has 6 nitrogen and oxygen atoms in total. The summed E-state index contributed by atoms with van der Waals surface area (Å²) in [4.78, 5) is 13.0. The average molecular weight is 201 g/mol. The van der Waals surface area contributed by atoms with Crippen LogP contribution in [0, 0.1) is 0 Å². The number of nitrogens with one attached hydrogen (secondary N) is 1. The molecule has 7 heteroatoms. The van der Waals surface area contributed by atoms with E-state index in [-0.39, 0.29) is 31.0 Å². The monoisotopic (exact) mass is 201 g/mol. The van der Waals surface area contributed by atoms with E-state index in [2.05, 4.69) is 19.8 Å². The Morgan fingerprint density at radius 2 is 1.92 bits per heavy atom. The van der Waals surface area contributed by atoms with Crippen LogP contribution in [0.3, 0.4) is 0 Å². The number of amides is 1. The molecule has 0 rings (SSSR count). The van der Waals surface area contributed by atoms with E-state index in [1.165, 1.54) is 28.3 Å². The summed E-state index contributed by atoms with van der Waals surface area (Å²) in [5, 5.41) is 12.0. The van der Waals surface area contributed by atoms with Gasteiger partial charge in [0.15, 0.2) is 0 Å². The minimum absolute atomic E-state index is 0. The van der Waals surface area contributed by atoms with Gasteiger partial charge in [-0.05, 0) is 7.11 Å². The van der Waals surface area contributed by atoms with Gasteiger partial charge in [0, 0.05) is 14.1 Å². The van der Waals surface area contributed by atoms with Gasteiger partial charge in [0.25, 0.3) is 0 Å². The normalized spacial score (nSPS) is 8.46. The van der Waals surface area contributed by atoms with Crippen molar-refractivity contribution in [3.05, 3.63) is 0 Å². The first kappa shape index (κ1) is 18.3. The summed E-state index contributed by atoms with van der Waals surface area (Å²) in [6.45, 7) is 0. The van der Waals surface area contributed by atoms with Crippen LogP contribution in [0.4, 0.5) is 4.79 Å². The summed E-state index contributed by atoms with van der Waals surface area (Å²) < 4.78 is 8.24. The maximum absolute atomic E-state index is 9.85. The predicted octanol–water partition coefficient (Wildman–Crippen LogP) is -3.93. The van der Waals surface area contributed by atoms with Crippen LogP contribution in [0.25, 0.3) is 0 Å². The van der Waals surface area contributed by atoms with Gasteiger partial charge in [-0.15, -0.1) is 0 Å². The van der Waals surface area contributed by atoms with Crippen molar-refractivity contribution >= 4 is 12.2 Å². The Morgan fingerprint density at radius 1 is 1.46 bits per heavy atom. The number of alkyl carbamates (subject to hydrolysis) is 1. The van der Waals surface area contributed by atoms with E-state index < -0.39 is 12.2 Å². The molecule has 0 saturated carbocycles. The molecule has 0 unspecified atom stereocenters. The molecule has 0 heterocycles. The molecule has 0 spiro atoms. The third kappa shape index (κ3) is 18.5. The van der Waals surface area contributed by atoms with E-state index in [1.807, 2.05) is 0 Å². The van der Waals surface area contributed by atoms with E-state index in [4.69, 9.17) is 0 Å². The fourth-order valence-corrected chi connectivity index (χ4v) is 0.193. The van der Waals surface area contributed by atoms with Crippen molar-refractivity contribution in [3.63, 3.8) is 0 Å². The van der Waals surface area contributed by atoms with Crippen molar-refractivity contribution < 1.29 is 50.4 Å². The first-order valence-electron chi connectivity index (χ1n) is 3.05. The van der Waals surface area contributed by atoms with Gasteiger partial charge in [-0.25, -0.2) is 4.79 Å². The summed E-state index contributed by atoms with van der Waals surface area (Å²) in [6.07, 6.45) is -0.940. The Morgan fingerprint density at radius 3 is 1.92 bits per heavy atom. The Kier molecular flexibility index (Phi) is 19.9. The Hall–Kier alpha value is -0.460. The molecule has 0 atom stereocenters. The first-order chi connectivity index (χ1) is 5.62. The second-order valence-electron chi connectivity index (χ2n) is 1.44. The van der Waals surface area contributed by atoms with E-state index in [9.17, 15) is 9.90 Å². The largest absolute Gasteiger partial charge is 1.00 e. The zero-order valence-electron chi connectivity index (χ0n) is 9.58. The van der Waals surface area contributed by atoms with E-state index in [1.54, 1.807) is 0 Å². The second-order valence-corrected chi connectivity index (χ2v) is 1.44. The van der Waals surface area contributed by atoms with Crippen molar-refractivity contribution in [2.24, 2.45) is 4.99 Å². The van der Waals surface area contributed by atoms with Gasteiger partial charge in [0.1, 0.15) is 6.08 Å². The Bertz CT molecular complexity index is 151. The van der Waals surface area contributed by atoms with Crippen LogP contribution < -0.4 is 40.0 Å². The summed E-state index contributed by atoms with van der Waals surface area (Å²) in [5.41, 5.74) is 0. The minimum atomic E-state index is -0.532. The predicted molar refractivity (Wildman–Crippen MR) is 42.9 cm³/mol. The first-order valence-corrected chi connectivity index (χ1v) is 3.05. The van der Waals surface area contributed by atoms with Gasteiger partial charge < -0.3 is 21.3 Å². The maximum atomic E-state index is 9.85. The topological polar surface area (TPSA) is 83.0 Å². The molecule has 74 valence electrons. The Balaban J connectivity index is -0.0000000625. The third-order valence-corrected chi connectivity index (χ3v) is 0.747. The average Bonchev–Trinajstić information content (AvgIpc) is 2.16. The maximum Gasteiger partial charge on any atom is 1.00 e. The fraction of sp³-hybridized carbons (Fsp3) is 0.667. The minimum Gasteiger partial charge on any atom is -1.00 e. The zero-order valence-corrected chi connectivity index (χ0v) is 10.6. The number of hydrogen-bond acceptors (Lipinski definition) is 5. The molecule has 0 aromatic carbocycles. The van der Waals surface area contributed by atoms with Gasteiger partial charge in [0.05, 0.1) is 7.11 Å². The van der Waals surface area contributed by atoms with E-state index in [0.29, 0.717) is 0 Å². The van der Waals surface area contributed by atoms with E-state index >= 15 is 0 Å².